The molecule has 0 aromatic heterocycles. The fraction of sp³-hybridized carbons (Fsp3) is 0.576. The van der Waals surface area contributed by atoms with Gasteiger partial charge in [-0.2, -0.15) is 0 Å². The Bertz CT molecular complexity index is 1330. The van der Waals surface area contributed by atoms with Crippen LogP contribution < -0.4 is 9.62 Å². The number of hydrogen-bond acceptors (Lipinski definition) is 4. The van der Waals surface area contributed by atoms with Crippen molar-refractivity contribution in [2.24, 2.45) is 17.8 Å². The maximum atomic E-state index is 13.8. The quantitative estimate of drug-likeness (QED) is 0.440. The Morgan fingerprint density at radius 3 is 1.95 bits per heavy atom. The minimum Gasteiger partial charge on any atom is -0.350 e. The molecule has 4 aliphatic carbocycles. The van der Waals surface area contributed by atoms with Crippen LogP contribution in [0.15, 0.2) is 54.6 Å². The maximum Gasteiger partial charge on any atom is 0.244 e. The van der Waals surface area contributed by atoms with Gasteiger partial charge in [0.05, 0.1) is 11.9 Å². The van der Waals surface area contributed by atoms with Crippen molar-refractivity contribution in [1.29, 1.82) is 0 Å². The van der Waals surface area contributed by atoms with Gasteiger partial charge >= 0.3 is 0 Å². The molecule has 8 heteroatoms. The van der Waals surface area contributed by atoms with E-state index in [0.717, 1.165) is 29.6 Å². The summed E-state index contributed by atoms with van der Waals surface area (Å²) in [6, 6.07) is 16.6. The van der Waals surface area contributed by atoms with Crippen LogP contribution >= 0.6 is 0 Å². The highest BCUT2D eigenvalue weighted by atomic mass is 32.2. The van der Waals surface area contributed by atoms with Crippen LogP contribution in [-0.4, -0.2) is 49.5 Å². The average molecular weight is 580 g/mol. The molecule has 2 amide bonds. The fourth-order valence-electron chi connectivity index (χ4n) is 7.90. The number of rotatable bonds is 9. The minimum absolute atomic E-state index is 0.195. The van der Waals surface area contributed by atoms with E-state index < -0.39 is 27.5 Å². The number of sulfonamides is 1. The van der Waals surface area contributed by atoms with Crippen LogP contribution in [-0.2, 0) is 31.6 Å². The van der Waals surface area contributed by atoms with Gasteiger partial charge in [-0.05, 0) is 113 Å². The molecule has 4 saturated carbocycles. The van der Waals surface area contributed by atoms with E-state index in [9.17, 15) is 18.0 Å². The predicted octanol–water partition coefficient (Wildman–Crippen LogP) is 5.25. The second-order valence-electron chi connectivity index (χ2n) is 13.9. The van der Waals surface area contributed by atoms with Gasteiger partial charge in [0.1, 0.15) is 12.6 Å². The molecule has 1 atom stereocenters. The van der Waals surface area contributed by atoms with Gasteiger partial charge in [-0.25, -0.2) is 8.42 Å². The molecule has 0 aliphatic heterocycles. The third-order valence-electron chi connectivity index (χ3n) is 9.35. The molecule has 1 N–H and O–H groups in total. The van der Waals surface area contributed by atoms with Crippen molar-refractivity contribution in [3.05, 3.63) is 65.7 Å². The lowest BCUT2D eigenvalue weighted by atomic mass is 9.48. The SMILES string of the molecule is CC(C(=O)NC(C)(C)C)N(Cc1ccccc1)C(=O)CN(c1ccc(C23CC4CC(CC(C4)C2)C3)cc1)S(C)(=O)=O. The van der Waals surface area contributed by atoms with Crippen molar-refractivity contribution < 1.29 is 18.0 Å². The van der Waals surface area contributed by atoms with Gasteiger partial charge in [-0.3, -0.25) is 13.9 Å². The summed E-state index contributed by atoms with van der Waals surface area (Å²) in [6.07, 6.45) is 8.93. The van der Waals surface area contributed by atoms with Crippen molar-refractivity contribution >= 4 is 27.5 Å². The van der Waals surface area contributed by atoms with Crippen molar-refractivity contribution in [2.75, 3.05) is 17.1 Å². The zero-order valence-electron chi connectivity index (χ0n) is 25.1. The molecule has 222 valence electrons. The van der Waals surface area contributed by atoms with E-state index in [2.05, 4.69) is 17.4 Å². The lowest BCUT2D eigenvalue weighted by Crippen LogP contribution is -2.54. The summed E-state index contributed by atoms with van der Waals surface area (Å²) in [6.45, 7) is 7.17. The molecule has 6 rings (SSSR count). The summed E-state index contributed by atoms with van der Waals surface area (Å²) in [5.74, 6) is 1.74. The summed E-state index contributed by atoms with van der Waals surface area (Å²) in [7, 11) is -3.77. The largest absolute Gasteiger partial charge is 0.350 e. The lowest BCUT2D eigenvalue weighted by molar-refractivity contribution is -0.140. The van der Waals surface area contributed by atoms with Crippen LogP contribution in [0.3, 0.4) is 0 Å². The van der Waals surface area contributed by atoms with E-state index in [0.29, 0.717) is 5.69 Å². The van der Waals surface area contributed by atoms with Crippen LogP contribution in [0.5, 0.6) is 0 Å². The van der Waals surface area contributed by atoms with Gasteiger partial charge in [0, 0.05) is 12.1 Å². The number of carbonyl (C=O) groups is 2. The Balaban J connectivity index is 1.38. The predicted molar refractivity (Wildman–Crippen MR) is 163 cm³/mol. The molecule has 2 aromatic rings. The first-order chi connectivity index (χ1) is 19.2. The number of carbonyl (C=O) groups excluding carboxylic acids is 2. The summed E-state index contributed by atoms with van der Waals surface area (Å²) in [5.41, 5.74) is 2.38. The van der Waals surface area contributed by atoms with E-state index in [-0.39, 0.29) is 24.4 Å². The molecule has 0 heterocycles. The van der Waals surface area contributed by atoms with Crippen LogP contribution in [0.1, 0.15) is 77.3 Å². The first-order valence-corrected chi connectivity index (χ1v) is 16.8. The van der Waals surface area contributed by atoms with E-state index in [1.807, 2.05) is 63.2 Å². The van der Waals surface area contributed by atoms with Gasteiger partial charge < -0.3 is 10.2 Å². The van der Waals surface area contributed by atoms with Gasteiger partial charge in [-0.15, -0.1) is 0 Å². The summed E-state index contributed by atoms with van der Waals surface area (Å²) >= 11 is 0. The van der Waals surface area contributed by atoms with Crippen LogP contribution in [0, 0.1) is 17.8 Å². The molecule has 7 nitrogen and oxygen atoms in total. The van der Waals surface area contributed by atoms with Crippen LogP contribution in [0.25, 0.3) is 0 Å². The average Bonchev–Trinajstić information content (AvgIpc) is 2.88. The number of nitrogens with one attached hydrogen (secondary N) is 1. The number of nitrogens with zero attached hydrogens (tertiary/aromatic N) is 2. The molecular weight excluding hydrogens is 534 g/mol. The van der Waals surface area contributed by atoms with Crippen LogP contribution in [0.2, 0.25) is 0 Å². The third-order valence-corrected chi connectivity index (χ3v) is 10.5. The van der Waals surface area contributed by atoms with Crippen molar-refractivity contribution in [3.63, 3.8) is 0 Å². The van der Waals surface area contributed by atoms with Gasteiger partial charge in [0.2, 0.25) is 21.8 Å². The highest BCUT2D eigenvalue weighted by Crippen LogP contribution is 2.60. The van der Waals surface area contributed by atoms with Crippen molar-refractivity contribution in [2.45, 2.75) is 89.8 Å². The molecule has 4 fully saturated rings. The monoisotopic (exact) mass is 579 g/mol. The molecule has 4 aliphatic rings. The zero-order chi connectivity index (χ0) is 29.6. The molecule has 4 bridgehead atoms. The number of benzene rings is 2. The second kappa shape index (κ2) is 11.1. The van der Waals surface area contributed by atoms with E-state index in [1.165, 1.54) is 53.3 Å². The molecule has 0 saturated heterocycles. The van der Waals surface area contributed by atoms with E-state index >= 15 is 0 Å². The van der Waals surface area contributed by atoms with Gasteiger partial charge in [0.25, 0.3) is 0 Å². The smallest absolute Gasteiger partial charge is 0.244 e. The lowest BCUT2D eigenvalue weighted by Gasteiger charge is -2.57. The number of hydrogen-bond donors (Lipinski definition) is 1. The van der Waals surface area contributed by atoms with Crippen LogP contribution in [0.4, 0.5) is 5.69 Å². The zero-order valence-corrected chi connectivity index (χ0v) is 25.9. The molecule has 41 heavy (non-hydrogen) atoms. The topological polar surface area (TPSA) is 86.8 Å². The summed E-state index contributed by atoms with van der Waals surface area (Å²) in [4.78, 5) is 28.4. The minimum atomic E-state index is -3.77. The fourth-order valence-corrected chi connectivity index (χ4v) is 8.75. The maximum absolute atomic E-state index is 13.8. The molecule has 2 aromatic carbocycles. The molecular formula is C33H45N3O4S. The third kappa shape index (κ3) is 6.63. The Morgan fingerprint density at radius 1 is 0.927 bits per heavy atom. The second-order valence-corrected chi connectivity index (χ2v) is 15.8. The van der Waals surface area contributed by atoms with Crippen molar-refractivity contribution in [3.8, 4) is 0 Å². The Hall–Kier alpha value is -2.87. The van der Waals surface area contributed by atoms with E-state index in [1.54, 1.807) is 6.92 Å². The van der Waals surface area contributed by atoms with Gasteiger partial charge in [-0.1, -0.05) is 42.5 Å². The first kappa shape index (κ1) is 29.6. The highest BCUT2D eigenvalue weighted by molar-refractivity contribution is 7.92. The molecule has 0 spiro atoms. The normalized spacial score (nSPS) is 25.9. The Morgan fingerprint density at radius 2 is 1.46 bits per heavy atom. The summed E-state index contributed by atoms with van der Waals surface area (Å²) < 4.78 is 27.2. The Labute approximate surface area is 245 Å². The van der Waals surface area contributed by atoms with E-state index in [4.69, 9.17) is 0 Å². The summed E-state index contributed by atoms with van der Waals surface area (Å²) in [5, 5.41) is 2.95. The number of anilines is 1. The standard InChI is InChI=1S/C33H45N3O4S/c1-23(31(38)34-32(2,3)4)35(21-24-9-7-6-8-10-24)30(37)22-36(41(5,39)40)29-13-11-28(12-14-29)33-18-25-15-26(19-33)17-27(16-25)20-33/h6-14,23,25-27H,15-22H2,1-5H3,(H,34,38). The highest BCUT2D eigenvalue weighted by Gasteiger charge is 2.51. The molecule has 0 radical (unpaired) electrons. The first-order valence-electron chi connectivity index (χ1n) is 15.0. The van der Waals surface area contributed by atoms with Crippen molar-refractivity contribution in [1.82, 2.24) is 10.2 Å². The Kier molecular flexibility index (Phi) is 8.01. The van der Waals surface area contributed by atoms with Gasteiger partial charge in [0.15, 0.2) is 0 Å². The number of amides is 2. The molecule has 1 unspecified atom stereocenters.